The minimum Gasteiger partial charge on any atom is -0.319 e. The Balaban J connectivity index is 1.94. The van der Waals surface area contributed by atoms with Crippen molar-refractivity contribution in [3.8, 4) is 0 Å². The smallest absolute Gasteiger partial charge is 0.00000901 e. The first kappa shape index (κ1) is 9.41. The lowest BCUT2D eigenvalue weighted by molar-refractivity contribution is 0.488. The lowest BCUT2D eigenvalue weighted by atomic mass is 9.79. The summed E-state index contributed by atoms with van der Waals surface area (Å²) in [6, 6.07) is 9.09. The van der Waals surface area contributed by atoms with E-state index in [0.717, 1.165) is 5.92 Å². The molecule has 1 fully saturated rings. The highest BCUT2D eigenvalue weighted by Crippen LogP contribution is 2.59. The Kier molecular flexibility index (Phi) is 2.10. The fraction of sp³-hybridized carbons (Fsp3) is 0.571. The molecule has 0 saturated heterocycles. The fourth-order valence-electron chi connectivity index (χ4n) is 3.48. The minimum absolute atomic E-state index is 0.567. The van der Waals surface area contributed by atoms with Crippen molar-refractivity contribution in [1.29, 1.82) is 0 Å². The first-order valence-corrected chi connectivity index (χ1v) is 6.10. The third-order valence-electron chi connectivity index (χ3n) is 4.31. The number of hydrogen-bond acceptors (Lipinski definition) is 1. The second-order valence-corrected chi connectivity index (χ2v) is 5.13. The molecule has 0 aromatic heterocycles. The predicted octanol–water partition coefficient (Wildman–Crippen LogP) is 2.50. The SMILES string of the molecule is CNCC1CC12CCCc1ccccc12. The predicted molar refractivity (Wildman–Crippen MR) is 63.1 cm³/mol. The standard InChI is InChI=1S/C14H19N/c1-15-10-12-9-14(12)8-4-6-11-5-2-3-7-13(11)14/h2-3,5,7,12,15H,4,6,8-10H2,1H3. The molecule has 1 spiro atoms. The maximum Gasteiger partial charge on any atom is -0.00000901 e. The summed E-state index contributed by atoms with van der Waals surface area (Å²) in [5.41, 5.74) is 3.84. The normalized spacial score (nSPS) is 32.7. The average molecular weight is 201 g/mol. The molecule has 0 amide bonds. The number of benzene rings is 1. The molecule has 1 nitrogen and oxygen atoms in total. The van der Waals surface area contributed by atoms with Gasteiger partial charge in [-0.2, -0.15) is 0 Å². The van der Waals surface area contributed by atoms with Crippen LogP contribution in [0.3, 0.4) is 0 Å². The summed E-state index contributed by atoms with van der Waals surface area (Å²) in [6.07, 6.45) is 5.50. The Labute approximate surface area is 91.9 Å². The van der Waals surface area contributed by atoms with Crippen molar-refractivity contribution in [1.82, 2.24) is 5.32 Å². The fourth-order valence-corrected chi connectivity index (χ4v) is 3.48. The van der Waals surface area contributed by atoms with Crippen LogP contribution in [0.2, 0.25) is 0 Å². The number of fused-ring (bicyclic) bond motifs is 2. The van der Waals surface area contributed by atoms with Crippen molar-refractivity contribution >= 4 is 0 Å². The molecule has 0 heterocycles. The molecule has 0 radical (unpaired) electrons. The zero-order valence-electron chi connectivity index (χ0n) is 9.42. The first-order valence-electron chi connectivity index (χ1n) is 6.10. The van der Waals surface area contributed by atoms with Crippen LogP contribution < -0.4 is 5.32 Å². The van der Waals surface area contributed by atoms with Gasteiger partial charge in [0.1, 0.15) is 0 Å². The molecule has 2 unspecified atom stereocenters. The molecule has 0 bridgehead atoms. The average Bonchev–Trinajstić information content (AvgIpc) is 2.94. The van der Waals surface area contributed by atoms with E-state index < -0.39 is 0 Å². The van der Waals surface area contributed by atoms with E-state index in [0.29, 0.717) is 5.41 Å². The monoisotopic (exact) mass is 201 g/mol. The van der Waals surface area contributed by atoms with E-state index in [1.54, 1.807) is 11.1 Å². The summed E-state index contributed by atoms with van der Waals surface area (Å²) in [5.74, 6) is 0.893. The molecule has 80 valence electrons. The molecule has 3 rings (SSSR count). The Morgan fingerprint density at radius 1 is 1.40 bits per heavy atom. The summed E-state index contributed by atoms with van der Waals surface area (Å²) in [5, 5.41) is 3.33. The van der Waals surface area contributed by atoms with Crippen molar-refractivity contribution < 1.29 is 0 Å². The van der Waals surface area contributed by atoms with Crippen LogP contribution in [0.5, 0.6) is 0 Å². The van der Waals surface area contributed by atoms with Gasteiger partial charge in [0.25, 0.3) is 0 Å². The molecule has 15 heavy (non-hydrogen) atoms. The number of nitrogens with one attached hydrogen (secondary N) is 1. The topological polar surface area (TPSA) is 12.0 Å². The van der Waals surface area contributed by atoms with Gasteiger partial charge in [-0.25, -0.2) is 0 Å². The second kappa shape index (κ2) is 3.34. The highest BCUT2D eigenvalue weighted by atomic mass is 14.8. The Morgan fingerprint density at radius 3 is 3.13 bits per heavy atom. The van der Waals surface area contributed by atoms with Crippen LogP contribution in [-0.2, 0) is 11.8 Å². The van der Waals surface area contributed by atoms with Gasteiger partial charge in [0.15, 0.2) is 0 Å². The number of hydrogen-bond donors (Lipinski definition) is 1. The molecule has 2 atom stereocenters. The van der Waals surface area contributed by atoms with E-state index >= 15 is 0 Å². The molecular formula is C14H19N. The molecule has 2 aliphatic rings. The molecule has 1 heteroatoms. The zero-order chi connectivity index (χ0) is 10.3. The van der Waals surface area contributed by atoms with E-state index in [-0.39, 0.29) is 0 Å². The number of aryl methyl sites for hydroxylation is 1. The van der Waals surface area contributed by atoms with Gasteiger partial charge in [0, 0.05) is 0 Å². The van der Waals surface area contributed by atoms with Crippen LogP contribution >= 0.6 is 0 Å². The maximum atomic E-state index is 3.33. The van der Waals surface area contributed by atoms with E-state index in [4.69, 9.17) is 0 Å². The quantitative estimate of drug-likeness (QED) is 0.775. The van der Waals surface area contributed by atoms with Crippen molar-refractivity contribution in [2.24, 2.45) is 5.92 Å². The molecule has 1 aromatic carbocycles. The summed E-state index contributed by atoms with van der Waals surface area (Å²) in [6.45, 7) is 1.19. The minimum atomic E-state index is 0.567. The van der Waals surface area contributed by atoms with Gasteiger partial charge in [-0.3, -0.25) is 0 Å². The Morgan fingerprint density at radius 2 is 2.27 bits per heavy atom. The summed E-state index contributed by atoms with van der Waals surface area (Å²) < 4.78 is 0. The van der Waals surface area contributed by atoms with Crippen LogP contribution in [0.15, 0.2) is 24.3 Å². The van der Waals surface area contributed by atoms with Crippen LogP contribution in [0.4, 0.5) is 0 Å². The van der Waals surface area contributed by atoms with Gasteiger partial charge in [-0.15, -0.1) is 0 Å². The third-order valence-corrected chi connectivity index (χ3v) is 4.31. The lowest BCUT2D eigenvalue weighted by Crippen LogP contribution is -2.22. The van der Waals surface area contributed by atoms with Crippen LogP contribution in [-0.4, -0.2) is 13.6 Å². The van der Waals surface area contributed by atoms with E-state index in [9.17, 15) is 0 Å². The highest BCUT2D eigenvalue weighted by molar-refractivity contribution is 5.42. The van der Waals surface area contributed by atoms with Crippen molar-refractivity contribution in [3.05, 3.63) is 35.4 Å². The summed E-state index contributed by atoms with van der Waals surface area (Å²) in [7, 11) is 2.07. The summed E-state index contributed by atoms with van der Waals surface area (Å²) in [4.78, 5) is 0. The molecular weight excluding hydrogens is 182 g/mol. The molecule has 2 aliphatic carbocycles. The second-order valence-electron chi connectivity index (χ2n) is 5.13. The molecule has 1 N–H and O–H groups in total. The lowest BCUT2D eigenvalue weighted by Gasteiger charge is -2.26. The Bertz CT molecular complexity index is 371. The molecule has 0 aliphatic heterocycles. The van der Waals surface area contributed by atoms with Gasteiger partial charge in [0.05, 0.1) is 0 Å². The third kappa shape index (κ3) is 1.33. The zero-order valence-corrected chi connectivity index (χ0v) is 9.42. The van der Waals surface area contributed by atoms with Gasteiger partial charge >= 0.3 is 0 Å². The molecule has 1 saturated carbocycles. The first-order chi connectivity index (χ1) is 7.37. The summed E-state index contributed by atoms with van der Waals surface area (Å²) >= 11 is 0. The van der Waals surface area contributed by atoms with E-state index in [1.807, 2.05) is 0 Å². The van der Waals surface area contributed by atoms with Crippen LogP contribution in [0.1, 0.15) is 30.4 Å². The van der Waals surface area contributed by atoms with Gasteiger partial charge in [0.2, 0.25) is 0 Å². The van der Waals surface area contributed by atoms with Gasteiger partial charge < -0.3 is 5.32 Å². The van der Waals surface area contributed by atoms with Crippen LogP contribution in [0.25, 0.3) is 0 Å². The van der Waals surface area contributed by atoms with Gasteiger partial charge in [-0.1, -0.05) is 24.3 Å². The van der Waals surface area contributed by atoms with E-state index in [2.05, 4.69) is 36.6 Å². The number of rotatable bonds is 2. The van der Waals surface area contributed by atoms with Crippen molar-refractivity contribution in [3.63, 3.8) is 0 Å². The van der Waals surface area contributed by atoms with Crippen molar-refractivity contribution in [2.45, 2.75) is 31.1 Å². The molecule has 1 aromatic rings. The van der Waals surface area contributed by atoms with E-state index in [1.165, 1.54) is 32.2 Å². The van der Waals surface area contributed by atoms with Crippen molar-refractivity contribution in [2.75, 3.05) is 13.6 Å². The van der Waals surface area contributed by atoms with Crippen LogP contribution in [0, 0.1) is 5.92 Å². The highest BCUT2D eigenvalue weighted by Gasteiger charge is 2.55. The largest absolute Gasteiger partial charge is 0.319 e. The Hall–Kier alpha value is -0.820. The maximum absolute atomic E-state index is 3.33. The van der Waals surface area contributed by atoms with Gasteiger partial charge in [-0.05, 0) is 61.7 Å².